The molecule has 1 fully saturated rings. The first-order chi connectivity index (χ1) is 13.8. The summed E-state index contributed by atoms with van der Waals surface area (Å²) in [4.78, 5) is 2.10. The molecule has 0 saturated carbocycles. The number of ether oxygens (including phenoxy) is 1. The lowest BCUT2D eigenvalue weighted by Crippen LogP contribution is -2.51. The van der Waals surface area contributed by atoms with E-state index in [4.69, 9.17) is 4.74 Å². The second-order valence-corrected chi connectivity index (χ2v) is 8.47. The van der Waals surface area contributed by atoms with Crippen LogP contribution in [0.25, 0.3) is 0 Å². The van der Waals surface area contributed by atoms with E-state index in [0.29, 0.717) is 31.6 Å². The number of piperidine rings is 1. The minimum atomic E-state index is -0.951. The van der Waals surface area contributed by atoms with Gasteiger partial charge in [-0.05, 0) is 67.6 Å². The number of halogens is 2. The molecule has 0 aromatic heterocycles. The number of β-amino-alcohol motifs (C(OH)–C–C–N with tert-alkyl or cyclic N) is 1. The van der Waals surface area contributed by atoms with E-state index in [1.807, 2.05) is 26.0 Å². The zero-order valence-electron chi connectivity index (χ0n) is 16.8. The van der Waals surface area contributed by atoms with Crippen LogP contribution in [0.3, 0.4) is 0 Å². The van der Waals surface area contributed by atoms with Gasteiger partial charge in [-0.3, -0.25) is 0 Å². The highest BCUT2D eigenvalue weighted by atomic mass is 19.2. The summed E-state index contributed by atoms with van der Waals surface area (Å²) >= 11 is 0. The third kappa shape index (κ3) is 4.02. The van der Waals surface area contributed by atoms with Crippen molar-refractivity contribution in [3.8, 4) is 5.75 Å². The third-order valence-electron chi connectivity index (χ3n) is 6.40. The monoisotopic (exact) mass is 403 g/mol. The SMILES string of the molecule is Cc1cc2c(cc1C)[C@H](O)CC1(CCN(C[C@H](O)c3ccc(F)c(F)c3)CC1)O2. The summed E-state index contributed by atoms with van der Waals surface area (Å²) in [5, 5.41) is 21.1. The van der Waals surface area contributed by atoms with Gasteiger partial charge in [-0.25, -0.2) is 8.78 Å². The van der Waals surface area contributed by atoms with Gasteiger partial charge in [0.25, 0.3) is 0 Å². The summed E-state index contributed by atoms with van der Waals surface area (Å²) in [5.41, 5.74) is 3.10. The fourth-order valence-corrected chi connectivity index (χ4v) is 4.42. The molecule has 6 heteroatoms. The Bertz CT molecular complexity index is 909. The van der Waals surface area contributed by atoms with E-state index < -0.39 is 29.4 Å². The van der Waals surface area contributed by atoms with Crippen molar-refractivity contribution in [2.75, 3.05) is 19.6 Å². The Kier molecular flexibility index (Phi) is 5.36. The van der Waals surface area contributed by atoms with Gasteiger partial charge in [0, 0.05) is 31.6 Å². The second-order valence-electron chi connectivity index (χ2n) is 8.47. The van der Waals surface area contributed by atoms with Crippen LogP contribution in [0.4, 0.5) is 8.78 Å². The number of aliphatic hydroxyl groups excluding tert-OH is 2. The topological polar surface area (TPSA) is 52.9 Å². The molecule has 0 unspecified atom stereocenters. The number of hydrogen-bond donors (Lipinski definition) is 2. The maximum absolute atomic E-state index is 13.4. The van der Waals surface area contributed by atoms with Gasteiger partial charge < -0.3 is 19.8 Å². The maximum atomic E-state index is 13.4. The fraction of sp³-hybridized carbons (Fsp3) is 0.478. The molecule has 29 heavy (non-hydrogen) atoms. The predicted octanol–water partition coefficient (Wildman–Crippen LogP) is 3.97. The normalized spacial score (nSPS) is 22.2. The molecule has 2 N–H and O–H groups in total. The van der Waals surface area contributed by atoms with E-state index in [-0.39, 0.29) is 0 Å². The summed E-state index contributed by atoms with van der Waals surface area (Å²) in [6, 6.07) is 7.52. The number of fused-ring (bicyclic) bond motifs is 1. The molecule has 0 bridgehead atoms. The number of benzene rings is 2. The van der Waals surface area contributed by atoms with E-state index in [9.17, 15) is 19.0 Å². The summed E-state index contributed by atoms with van der Waals surface area (Å²) in [6.07, 6.45) is 0.602. The molecule has 2 aromatic carbocycles. The molecule has 2 aliphatic heterocycles. The van der Waals surface area contributed by atoms with Gasteiger partial charge in [-0.1, -0.05) is 6.07 Å². The fourth-order valence-electron chi connectivity index (χ4n) is 4.42. The number of hydrogen-bond acceptors (Lipinski definition) is 4. The van der Waals surface area contributed by atoms with Crippen molar-refractivity contribution >= 4 is 0 Å². The van der Waals surface area contributed by atoms with Gasteiger partial charge in [-0.15, -0.1) is 0 Å². The molecule has 0 amide bonds. The third-order valence-corrected chi connectivity index (χ3v) is 6.40. The standard InChI is InChI=1S/C23H27F2NO3/c1-14-9-17-20(27)12-23(29-22(17)10-15(14)2)5-7-26(8-6-23)13-21(28)16-3-4-18(24)19(25)11-16/h3-4,9-11,20-21,27-28H,5-8,12-13H2,1-2H3/t20-,21+/m1/s1. The summed E-state index contributed by atoms with van der Waals surface area (Å²) in [6.45, 7) is 5.82. The van der Waals surface area contributed by atoms with Gasteiger partial charge >= 0.3 is 0 Å². The van der Waals surface area contributed by atoms with Crippen molar-refractivity contribution in [1.82, 2.24) is 4.90 Å². The largest absolute Gasteiger partial charge is 0.487 e. The van der Waals surface area contributed by atoms with Crippen molar-refractivity contribution in [2.45, 2.75) is 50.9 Å². The molecule has 1 saturated heterocycles. The Labute approximate surface area is 169 Å². The highest BCUT2D eigenvalue weighted by molar-refractivity contribution is 5.45. The van der Waals surface area contributed by atoms with Crippen molar-refractivity contribution in [2.24, 2.45) is 0 Å². The van der Waals surface area contributed by atoms with Crippen LogP contribution in [0.15, 0.2) is 30.3 Å². The van der Waals surface area contributed by atoms with E-state index in [1.54, 1.807) is 0 Å². The van der Waals surface area contributed by atoms with Gasteiger partial charge in [0.05, 0.1) is 12.2 Å². The minimum Gasteiger partial charge on any atom is -0.487 e. The predicted molar refractivity (Wildman–Crippen MR) is 106 cm³/mol. The molecule has 2 aliphatic rings. The molecule has 2 aromatic rings. The average Bonchev–Trinajstić information content (AvgIpc) is 2.68. The second kappa shape index (κ2) is 7.67. The lowest BCUT2D eigenvalue weighted by molar-refractivity contribution is -0.0588. The van der Waals surface area contributed by atoms with E-state index in [1.165, 1.54) is 6.07 Å². The first-order valence-electron chi connectivity index (χ1n) is 10.1. The Morgan fingerprint density at radius 3 is 2.48 bits per heavy atom. The molecular weight excluding hydrogens is 376 g/mol. The first-order valence-corrected chi connectivity index (χ1v) is 10.1. The Hall–Kier alpha value is -2.02. The molecule has 1 spiro atoms. The molecule has 2 heterocycles. The smallest absolute Gasteiger partial charge is 0.159 e. The van der Waals surface area contributed by atoms with Crippen LogP contribution in [-0.4, -0.2) is 40.3 Å². The van der Waals surface area contributed by atoms with Gasteiger partial charge in [0.1, 0.15) is 11.4 Å². The van der Waals surface area contributed by atoms with Crippen LogP contribution < -0.4 is 4.74 Å². The van der Waals surface area contributed by atoms with E-state index in [2.05, 4.69) is 4.90 Å². The van der Waals surface area contributed by atoms with Gasteiger partial charge in [0.2, 0.25) is 0 Å². The molecule has 4 rings (SSSR count). The molecule has 156 valence electrons. The highest BCUT2D eigenvalue weighted by Gasteiger charge is 2.43. The quantitative estimate of drug-likeness (QED) is 0.815. The average molecular weight is 403 g/mol. The van der Waals surface area contributed by atoms with E-state index in [0.717, 1.165) is 47.4 Å². The van der Waals surface area contributed by atoms with Crippen LogP contribution in [0.1, 0.15) is 53.7 Å². The lowest BCUT2D eigenvalue weighted by Gasteiger charge is -2.46. The zero-order chi connectivity index (χ0) is 20.8. The van der Waals surface area contributed by atoms with Crippen LogP contribution in [0, 0.1) is 25.5 Å². The van der Waals surface area contributed by atoms with Crippen LogP contribution in [0.5, 0.6) is 5.75 Å². The molecular formula is C23H27F2NO3. The van der Waals surface area contributed by atoms with Gasteiger partial charge in [-0.2, -0.15) is 0 Å². The number of aliphatic hydroxyl groups is 2. The highest BCUT2D eigenvalue weighted by Crippen LogP contribution is 2.45. The number of aryl methyl sites for hydroxylation is 2. The Morgan fingerprint density at radius 1 is 1.10 bits per heavy atom. The molecule has 4 nitrogen and oxygen atoms in total. The number of likely N-dealkylation sites (tertiary alicyclic amines) is 1. The maximum Gasteiger partial charge on any atom is 0.159 e. The van der Waals surface area contributed by atoms with Crippen molar-refractivity contribution < 1.29 is 23.7 Å². The number of nitrogens with zero attached hydrogens (tertiary/aromatic N) is 1. The van der Waals surface area contributed by atoms with Crippen molar-refractivity contribution in [3.63, 3.8) is 0 Å². The van der Waals surface area contributed by atoms with Crippen LogP contribution in [0.2, 0.25) is 0 Å². The molecule has 2 atom stereocenters. The zero-order valence-corrected chi connectivity index (χ0v) is 16.8. The summed E-state index contributed by atoms with van der Waals surface area (Å²) < 4.78 is 32.9. The lowest BCUT2D eigenvalue weighted by atomic mass is 9.81. The van der Waals surface area contributed by atoms with E-state index >= 15 is 0 Å². The first kappa shape index (κ1) is 20.3. The summed E-state index contributed by atoms with van der Waals surface area (Å²) in [5.74, 6) is -1.10. The number of rotatable bonds is 3. The van der Waals surface area contributed by atoms with Crippen LogP contribution >= 0.6 is 0 Å². The molecule has 0 aliphatic carbocycles. The molecule has 0 radical (unpaired) electrons. The summed E-state index contributed by atoms with van der Waals surface area (Å²) in [7, 11) is 0. The van der Waals surface area contributed by atoms with Crippen LogP contribution in [-0.2, 0) is 0 Å². The van der Waals surface area contributed by atoms with Gasteiger partial charge in [0.15, 0.2) is 11.6 Å². The Balaban J connectivity index is 1.41. The Morgan fingerprint density at radius 2 is 1.79 bits per heavy atom. The van der Waals surface area contributed by atoms with Crippen molar-refractivity contribution in [1.29, 1.82) is 0 Å². The van der Waals surface area contributed by atoms with Crippen molar-refractivity contribution in [3.05, 3.63) is 64.2 Å². The minimum absolute atomic E-state index is 0.346.